The smallest absolute Gasteiger partial charge is 0.293 e. The summed E-state index contributed by atoms with van der Waals surface area (Å²) in [5.74, 6) is 1.11. The molecule has 2 aromatic heterocycles. The first-order valence-corrected chi connectivity index (χ1v) is 4.69. The molecule has 0 saturated carbocycles. The Labute approximate surface area is 91.3 Å². The first kappa shape index (κ1) is 10.4. The van der Waals surface area contributed by atoms with Gasteiger partial charge >= 0.3 is 0 Å². The maximum atomic E-state index is 11.6. The summed E-state index contributed by atoms with van der Waals surface area (Å²) in [4.78, 5) is 22.4. The van der Waals surface area contributed by atoms with Crippen LogP contribution in [-0.2, 0) is 0 Å². The second-order valence-electron chi connectivity index (χ2n) is 3.28. The second kappa shape index (κ2) is 3.80. The SMILES string of the molecule is COc1c(C)nc(-c2coc(C)n2)[nH]c1=O. The molecule has 1 N–H and O–H groups in total. The topological polar surface area (TPSA) is 81.0 Å². The summed E-state index contributed by atoms with van der Waals surface area (Å²) in [5, 5.41) is 0. The zero-order valence-electron chi connectivity index (χ0n) is 9.20. The molecular weight excluding hydrogens is 210 g/mol. The van der Waals surface area contributed by atoms with Crippen molar-refractivity contribution in [3.8, 4) is 17.3 Å². The van der Waals surface area contributed by atoms with E-state index >= 15 is 0 Å². The highest BCUT2D eigenvalue weighted by molar-refractivity contribution is 5.48. The van der Waals surface area contributed by atoms with Gasteiger partial charge < -0.3 is 14.1 Å². The molecule has 0 aliphatic rings. The molecule has 84 valence electrons. The fraction of sp³-hybridized carbons (Fsp3) is 0.300. The third-order valence-corrected chi connectivity index (χ3v) is 2.11. The summed E-state index contributed by atoms with van der Waals surface area (Å²) < 4.78 is 9.97. The molecule has 0 bridgehead atoms. The molecule has 0 aliphatic carbocycles. The number of hydrogen-bond donors (Lipinski definition) is 1. The number of nitrogens with one attached hydrogen (secondary N) is 1. The minimum Gasteiger partial charge on any atom is -0.490 e. The quantitative estimate of drug-likeness (QED) is 0.819. The molecule has 6 nitrogen and oxygen atoms in total. The highest BCUT2D eigenvalue weighted by atomic mass is 16.5. The van der Waals surface area contributed by atoms with Crippen molar-refractivity contribution in [2.45, 2.75) is 13.8 Å². The largest absolute Gasteiger partial charge is 0.490 e. The van der Waals surface area contributed by atoms with E-state index in [1.54, 1.807) is 13.8 Å². The summed E-state index contributed by atoms with van der Waals surface area (Å²) in [6.07, 6.45) is 1.44. The Bertz CT molecular complexity index is 571. The average molecular weight is 221 g/mol. The number of oxazole rings is 1. The lowest BCUT2D eigenvalue weighted by Gasteiger charge is -2.03. The number of aromatic nitrogens is 3. The monoisotopic (exact) mass is 221 g/mol. The standard InChI is InChI=1S/C10H11N3O3/c1-5-8(15-3)10(14)13-9(11-5)7-4-16-6(2)12-7/h4H,1-3H3,(H,11,13,14). The maximum absolute atomic E-state index is 11.6. The van der Waals surface area contributed by atoms with Gasteiger partial charge in [-0.05, 0) is 6.92 Å². The Morgan fingerprint density at radius 2 is 2.12 bits per heavy atom. The molecule has 0 saturated heterocycles. The molecule has 0 radical (unpaired) electrons. The van der Waals surface area contributed by atoms with Gasteiger partial charge in [-0.15, -0.1) is 0 Å². The normalized spacial score (nSPS) is 10.4. The van der Waals surface area contributed by atoms with Crippen LogP contribution >= 0.6 is 0 Å². The van der Waals surface area contributed by atoms with Crippen molar-refractivity contribution in [3.05, 3.63) is 28.2 Å². The van der Waals surface area contributed by atoms with Gasteiger partial charge in [0, 0.05) is 6.92 Å². The van der Waals surface area contributed by atoms with Crippen molar-refractivity contribution >= 4 is 0 Å². The van der Waals surface area contributed by atoms with Gasteiger partial charge in [-0.25, -0.2) is 9.97 Å². The predicted molar refractivity (Wildman–Crippen MR) is 56.4 cm³/mol. The minimum absolute atomic E-state index is 0.212. The van der Waals surface area contributed by atoms with E-state index < -0.39 is 0 Å². The number of nitrogens with zero attached hydrogens (tertiary/aromatic N) is 2. The Morgan fingerprint density at radius 3 is 2.62 bits per heavy atom. The number of ether oxygens (including phenoxy) is 1. The van der Waals surface area contributed by atoms with Crippen molar-refractivity contribution in [2.24, 2.45) is 0 Å². The fourth-order valence-corrected chi connectivity index (χ4v) is 1.41. The van der Waals surface area contributed by atoms with Crippen LogP contribution in [0.15, 0.2) is 15.5 Å². The van der Waals surface area contributed by atoms with Crippen LogP contribution < -0.4 is 10.3 Å². The summed E-state index contributed by atoms with van der Waals surface area (Å²) in [6, 6.07) is 0. The number of hydrogen-bond acceptors (Lipinski definition) is 5. The van der Waals surface area contributed by atoms with E-state index in [1.807, 2.05) is 0 Å². The molecule has 0 spiro atoms. The number of aromatic amines is 1. The molecule has 0 unspecified atom stereocenters. The third-order valence-electron chi connectivity index (χ3n) is 2.11. The number of methoxy groups -OCH3 is 1. The van der Waals surface area contributed by atoms with E-state index in [-0.39, 0.29) is 11.3 Å². The second-order valence-corrected chi connectivity index (χ2v) is 3.28. The van der Waals surface area contributed by atoms with Crippen LogP contribution in [-0.4, -0.2) is 22.1 Å². The van der Waals surface area contributed by atoms with Crippen molar-refractivity contribution in [1.82, 2.24) is 15.0 Å². The van der Waals surface area contributed by atoms with Gasteiger partial charge in [0.25, 0.3) is 5.56 Å². The van der Waals surface area contributed by atoms with Gasteiger partial charge in [0.2, 0.25) is 5.75 Å². The van der Waals surface area contributed by atoms with Crippen molar-refractivity contribution in [1.29, 1.82) is 0 Å². The van der Waals surface area contributed by atoms with Crippen molar-refractivity contribution < 1.29 is 9.15 Å². The summed E-state index contributed by atoms with van der Waals surface area (Å²) in [5.41, 5.74) is 0.688. The summed E-state index contributed by atoms with van der Waals surface area (Å²) in [6.45, 7) is 3.42. The van der Waals surface area contributed by atoms with Crippen LogP contribution in [0.4, 0.5) is 0 Å². The Kier molecular flexibility index (Phi) is 2.47. The number of aryl methyl sites for hydroxylation is 2. The van der Waals surface area contributed by atoms with Crippen LogP contribution in [0.2, 0.25) is 0 Å². The van der Waals surface area contributed by atoms with Crippen LogP contribution in [0, 0.1) is 13.8 Å². The molecule has 0 aliphatic heterocycles. The molecule has 2 aromatic rings. The first-order chi connectivity index (χ1) is 7.61. The molecule has 2 heterocycles. The predicted octanol–water partition coefficient (Wildman–Crippen LogP) is 1.05. The van der Waals surface area contributed by atoms with Crippen molar-refractivity contribution in [3.63, 3.8) is 0 Å². The van der Waals surface area contributed by atoms with E-state index in [4.69, 9.17) is 9.15 Å². The molecule has 0 fully saturated rings. The summed E-state index contributed by atoms with van der Waals surface area (Å²) in [7, 11) is 1.43. The van der Waals surface area contributed by atoms with Gasteiger partial charge in [-0.3, -0.25) is 4.79 Å². The fourth-order valence-electron chi connectivity index (χ4n) is 1.41. The van der Waals surface area contributed by atoms with E-state index in [9.17, 15) is 4.79 Å². The highest BCUT2D eigenvalue weighted by Crippen LogP contribution is 2.15. The maximum Gasteiger partial charge on any atom is 0.293 e. The van der Waals surface area contributed by atoms with Gasteiger partial charge in [-0.1, -0.05) is 0 Å². The molecule has 0 atom stereocenters. The van der Waals surface area contributed by atoms with Gasteiger partial charge in [0.05, 0.1) is 12.8 Å². The van der Waals surface area contributed by atoms with E-state index in [2.05, 4.69) is 15.0 Å². The minimum atomic E-state index is -0.328. The van der Waals surface area contributed by atoms with E-state index in [0.717, 1.165) is 0 Å². The van der Waals surface area contributed by atoms with Crippen LogP contribution in [0.5, 0.6) is 5.75 Å². The zero-order chi connectivity index (χ0) is 11.7. The lowest BCUT2D eigenvalue weighted by atomic mass is 10.3. The van der Waals surface area contributed by atoms with Crippen molar-refractivity contribution in [2.75, 3.05) is 7.11 Å². The molecule has 2 rings (SSSR count). The van der Waals surface area contributed by atoms with Gasteiger partial charge in [0.1, 0.15) is 12.0 Å². The zero-order valence-corrected chi connectivity index (χ0v) is 9.20. The first-order valence-electron chi connectivity index (χ1n) is 4.69. The molecular formula is C10H11N3O3. The van der Waals surface area contributed by atoms with Crippen LogP contribution in [0.25, 0.3) is 11.5 Å². The Hall–Kier alpha value is -2.11. The van der Waals surface area contributed by atoms with Gasteiger partial charge in [0.15, 0.2) is 11.7 Å². The lowest BCUT2D eigenvalue weighted by molar-refractivity contribution is 0.402. The van der Waals surface area contributed by atoms with Crippen LogP contribution in [0.1, 0.15) is 11.6 Å². The molecule has 0 aromatic carbocycles. The Balaban J connectivity index is 2.56. The third kappa shape index (κ3) is 1.69. The average Bonchev–Trinajstić information content (AvgIpc) is 2.64. The van der Waals surface area contributed by atoms with Gasteiger partial charge in [-0.2, -0.15) is 0 Å². The Morgan fingerprint density at radius 1 is 1.38 bits per heavy atom. The number of H-pyrrole nitrogens is 1. The molecule has 6 heteroatoms. The van der Waals surface area contributed by atoms with E-state index in [1.165, 1.54) is 13.4 Å². The van der Waals surface area contributed by atoms with Crippen LogP contribution in [0.3, 0.4) is 0 Å². The lowest BCUT2D eigenvalue weighted by Crippen LogP contribution is -2.14. The van der Waals surface area contributed by atoms with E-state index in [0.29, 0.717) is 23.1 Å². The molecule has 16 heavy (non-hydrogen) atoms. The highest BCUT2D eigenvalue weighted by Gasteiger charge is 2.11. The molecule has 0 amide bonds. The summed E-state index contributed by atoms with van der Waals surface area (Å²) >= 11 is 0. The number of rotatable bonds is 2.